The summed E-state index contributed by atoms with van der Waals surface area (Å²) in [6.45, 7) is 1.32. The lowest BCUT2D eigenvalue weighted by molar-refractivity contribution is -0.384. The van der Waals surface area contributed by atoms with E-state index < -0.39 is 0 Å². The van der Waals surface area contributed by atoms with Gasteiger partial charge in [-0.25, -0.2) is 0 Å². The van der Waals surface area contributed by atoms with Gasteiger partial charge in [0, 0.05) is 47.6 Å². The molecule has 20 heavy (non-hydrogen) atoms. The van der Waals surface area contributed by atoms with Gasteiger partial charge in [0.1, 0.15) is 0 Å². The number of nitrogens with zero attached hydrogens (tertiary/aromatic N) is 2. The first-order chi connectivity index (χ1) is 9.72. The van der Waals surface area contributed by atoms with E-state index in [1.165, 1.54) is 0 Å². The highest BCUT2D eigenvalue weighted by atomic mass is 16.6. The smallest absolute Gasteiger partial charge is 0.270 e. The highest BCUT2D eigenvalue weighted by molar-refractivity contribution is 6.08. The van der Waals surface area contributed by atoms with E-state index in [2.05, 4.69) is 4.57 Å². The molecule has 0 saturated heterocycles. The molecule has 2 aromatic carbocycles. The summed E-state index contributed by atoms with van der Waals surface area (Å²) in [5.74, 6) is 0. The number of ether oxygens (including phenoxy) is 1. The monoisotopic (exact) mass is 270 g/mol. The molecule has 0 saturated carbocycles. The number of benzene rings is 2. The Kier molecular flexibility index (Phi) is 3.12. The zero-order chi connectivity index (χ0) is 14.1. The Morgan fingerprint density at radius 1 is 1.15 bits per heavy atom. The predicted molar refractivity (Wildman–Crippen MR) is 78.0 cm³/mol. The third kappa shape index (κ3) is 1.92. The topological polar surface area (TPSA) is 57.3 Å². The van der Waals surface area contributed by atoms with Gasteiger partial charge in [-0.05, 0) is 12.1 Å². The van der Waals surface area contributed by atoms with Crippen LogP contribution in [0.2, 0.25) is 0 Å². The van der Waals surface area contributed by atoms with Gasteiger partial charge in [-0.2, -0.15) is 0 Å². The molecule has 1 heterocycles. The summed E-state index contributed by atoms with van der Waals surface area (Å²) >= 11 is 0. The second-order valence-electron chi connectivity index (χ2n) is 4.62. The summed E-state index contributed by atoms with van der Waals surface area (Å²) in [5, 5.41) is 12.9. The Bertz CT molecular complexity index is 792. The molecule has 0 fully saturated rings. The number of non-ortho nitro benzene ring substituents is 1. The first-order valence-electron chi connectivity index (χ1n) is 6.36. The largest absolute Gasteiger partial charge is 0.383 e. The van der Waals surface area contributed by atoms with E-state index in [0.29, 0.717) is 6.61 Å². The number of rotatable bonds is 4. The lowest BCUT2D eigenvalue weighted by Crippen LogP contribution is -2.03. The fourth-order valence-electron chi connectivity index (χ4n) is 2.58. The number of nitro groups is 1. The lowest BCUT2D eigenvalue weighted by atomic mass is 10.1. The molecule has 1 aromatic heterocycles. The van der Waals surface area contributed by atoms with Gasteiger partial charge in [0.25, 0.3) is 5.69 Å². The highest BCUT2D eigenvalue weighted by Gasteiger charge is 2.13. The minimum absolute atomic E-state index is 0.118. The van der Waals surface area contributed by atoms with Crippen LogP contribution in [0.25, 0.3) is 21.8 Å². The molecule has 5 heteroatoms. The van der Waals surface area contributed by atoms with Crippen molar-refractivity contribution in [3.63, 3.8) is 0 Å². The predicted octanol–water partition coefficient (Wildman–Crippen LogP) is 3.35. The highest BCUT2D eigenvalue weighted by Crippen LogP contribution is 2.31. The van der Waals surface area contributed by atoms with Gasteiger partial charge < -0.3 is 9.30 Å². The van der Waals surface area contributed by atoms with Crippen LogP contribution < -0.4 is 0 Å². The number of fused-ring (bicyclic) bond motifs is 3. The maximum atomic E-state index is 10.9. The first-order valence-corrected chi connectivity index (χ1v) is 6.36. The molecule has 102 valence electrons. The van der Waals surface area contributed by atoms with E-state index in [1.807, 2.05) is 30.3 Å². The summed E-state index contributed by atoms with van der Waals surface area (Å²) in [5.41, 5.74) is 2.18. The standard InChI is InChI=1S/C15H14N2O3/c1-20-9-8-16-14-5-3-2-4-12(14)13-10-11(17(18)19)6-7-15(13)16/h2-7,10H,8-9H2,1H3. The Balaban J connectivity index is 2.32. The minimum atomic E-state index is -0.360. The number of methoxy groups -OCH3 is 1. The molecule has 0 radical (unpaired) electrons. The molecule has 3 rings (SSSR count). The molecular weight excluding hydrogens is 256 g/mol. The van der Waals surface area contributed by atoms with Crippen molar-refractivity contribution in [1.82, 2.24) is 4.57 Å². The van der Waals surface area contributed by atoms with Crippen molar-refractivity contribution < 1.29 is 9.66 Å². The summed E-state index contributed by atoms with van der Waals surface area (Å²) in [7, 11) is 1.67. The quantitative estimate of drug-likeness (QED) is 0.539. The summed E-state index contributed by atoms with van der Waals surface area (Å²) < 4.78 is 7.28. The Morgan fingerprint density at radius 2 is 1.90 bits per heavy atom. The summed E-state index contributed by atoms with van der Waals surface area (Å²) in [6.07, 6.45) is 0. The Hall–Kier alpha value is -2.40. The van der Waals surface area contributed by atoms with Crippen molar-refractivity contribution in [1.29, 1.82) is 0 Å². The van der Waals surface area contributed by atoms with Crippen LogP contribution >= 0.6 is 0 Å². The van der Waals surface area contributed by atoms with Crippen LogP contribution in [-0.4, -0.2) is 23.2 Å². The maximum absolute atomic E-state index is 10.9. The molecule has 0 spiro atoms. The summed E-state index contributed by atoms with van der Waals surface area (Å²) in [6, 6.07) is 12.9. The fraction of sp³-hybridized carbons (Fsp3) is 0.200. The molecule has 0 aliphatic carbocycles. The van der Waals surface area contributed by atoms with Crippen molar-refractivity contribution >= 4 is 27.5 Å². The molecule has 0 N–H and O–H groups in total. The zero-order valence-electron chi connectivity index (χ0n) is 11.1. The Morgan fingerprint density at radius 3 is 2.65 bits per heavy atom. The van der Waals surface area contributed by atoms with Gasteiger partial charge in [0.05, 0.1) is 11.5 Å². The van der Waals surface area contributed by atoms with Crippen molar-refractivity contribution in [2.75, 3.05) is 13.7 Å². The molecule has 3 aromatic rings. The van der Waals surface area contributed by atoms with Gasteiger partial charge >= 0.3 is 0 Å². The molecule has 0 bridgehead atoms. The van der Waals surface area contributed by atoms with E-state index >= 15 is 0 Å². The molecular formula is C15H14N2O3. The van der Waals surface area contributed by atoms with Gasteiger partial charge in [0.2, 0.25) is 0 Å². The van der Waals surface area contributed by atoms with Crippen LogP contribution in [0.5, 0.6) is 0 Å². The number of para-hydroxylation sites is 1. The second-order valence-corrected chi connectivity index (χ2v) is 4.62. The van der Waals surface area contributed by atoms with Crippen LogP contribution in [-0.2, 0) is 11.3 Å². The normalized spacial score (nSPS) is 11.2. The van der Waals surface area contributed by atoms with Gasteiger partial charge in [-0.15, -0.1) is 0 Å². The second kappa shape index (κ2) is 4.94. The maximum Gasteiger partial charge on any atom is 0.270 e. The van der Waals surface area contributed by atoms with Gasteiger partial charge in [-0.1, -0.05) is 18.2 Å². The van der Waals surface area contributed by atoms with Crippen molar-refractivity contribution in [2.24, 2.45) is 0 Å². The van der Waals surface area contributed by atoms with Gasteiger partial charge in [0.15, 0.2) is 0 Å². The molecule has 0 atom stereocenters. The van der Waals surface area contributed by atoms with Crippen LogP contribution in [0, 0.1) is 10.1 Å². The Labute approximate surface area is 115 Å². The zero-order valence-corrected chi connectivity index (χ0v) is 11.1. The number of nitro benzene ring substituents is 1. The average molecular weight is 270 g/mol. The molecule has 0 unspecified atom stereocenters. The molecule has 5 nitrogen and oxygen atoms in total. The first kappa shape index (κ1) is 12.6. The van der Waals surface area contributed by atoms with Crippen LogP contribution in [0.3, 0.4) is 0 Å². The van der Waals surface area contributed by atoms with Crippen LogP contribution in [0.4, 0.5) is 5.69 Å². The average Bonchev–Trinajstić information content (AvgIpc) is 2.78. The van der Waals surface area contributed by atoms with Gasteiger partial charge in [-0.3, -0.25) is 10.1 Å². The third-order valence-corrected chi connectivity index (χ3v) is 3.49. The third-order valence-electron chi connectivity index (χ3n) is 3.49. The minimum Gasteiger partial charge on any atom is -0.383 e. The fourth-order valence-corrected chi connectivity index (χ4v) is 2.58. The number of hydrogen-bond acceptors (Lipinski definition) is 3. The SMILES string of the molecule is COCCn1c2ccccc2c2cc([N+](=O)[O-])ccc21. The summed E-state index contributed by atoms with van der Waals surface area (Å²) in [4.78, 5) is 10.6. The van der Waals surface area contributed by atoms with Crippen molar-refractivity contribution in [3.05, 3.63) is 52.6 Å². The van der Waals surface area contributed by atoms with E-state index in [-0.39, 0.29) is 10.6 Å². The van der Waals surface area contributed by atoms with E-state index in [4.69, 9.17) is 4.74 Å². The van der Waals surface area contributed by atoms with E-state index in [1.54, 1.807) is 19.2 Å². The van der Waals surface area contributed by atoms with Crippen LogP contribution in [0.1, 0.15) is 0 Å². The number of aromatic nitrogens is 1. The number of hydrogen-bond donors (Lipinski definition) is 0. The van der Waals surface area contributed by atoms with Crippen molar-refractivity contribution in [2.45, 2.75) is 6.54 Å². The van der Waals surface area contributed by atoms with Crippen molar-refractivity contribution in [3.8, 4) is 0 Å². The molecule has 0 aliphatic rings. The van der Waals surface area contributed by atoms with E-state index in [0.717, 1.165) is 28.4 Å². The van der Waals surface area contributed by atoms with Crippen LogP contribution in [0.15, 0.2) is 42.5 Å². The lowest BCUT2D eigenvalue weighted by Gasteiger charge is -2.06. The molecule has 0 amide bonds. The van der Waals surface area contributed by atoms with E-state index in [9.17, 15) is 10.1 Å². The molecule has 0 aliphatic heterocycles.